The fraction of sp³-hybridized carbons (Fsp3) is 0.240. The molecule has 0 radical (unpaired) electrons. The lowest BCUT2D eigenvalue weighted by Gasteiger charge is -2.27. The van der Waals surface area contributed by atoms with Crippen LogP contribution < -0.4 is 10.1 Å². The Balaban J connectivity index is 1.30. The van der Waals surface area contributed by atoms with Crippen molar-refractivity contribution in [2.75, 3.05) is 11.9 Å². The average Bonchev–Trinajstić information content (AvgIpc) is 3.26. The van der Waals surface area contributed by atoms with Crippen molar-refractivity contribution in [2.45, 2.75) is 31.8 Å². The van der Waals surface area contributed by atoms with Gasteiger partial charge in [0.05, 0.1) is 16.5 Å². The van der Waals surface area contributed by atoms with E-state index in [9.17, 15) is 14.3 Å². The molecule has 1 fully saturated rings. The maximum Gasteiger partial charge on any atom is 0.339 e. The number of hydrogen-bond donors (Lipinski definition) is 2. The molecule has 1 aliphatic rings. The van der Waals surface area contributed by atoms with Crippen LogP contribution >= 0.6 is 11.3 Å². The van der Waals surface area contributed by atoms with Gasteiger partial charge in [-0.15, -0.1) is 11.3 Å². The van der Waals surface area contributed by atoms with Crippen LogP contribution in [0.3, 0.4) is 0 Å². The summed E-state index contributed by atoms with van der Waals surface area (Å²) in [5, 5.41) is 15.6. The summed E-state index contributed by atoms with van der Waals surface area (Å²) in [5.41, 5.74) is 2.48. The number of hydrogen-bond acceptors (Lipinski definition) is 6. The number of benzene rings is 2. The Morgan fingerprint density at radius 3 is 2.85 bits per heavy atom. The molecular formula is C25H22FN3O3S. The Hall–Kier alpha value is -3.52. The van der Waals surface area contributed by atoms with Crippen LogP contribution in [0.25, 0.3) is 21.3 Å². The van der Waals surface area contributed by atoms with Crippen LogP contribution in [-0.2, 0) is 6.42 Å². The minimum atomic E-state index is -1.02. The van der Waals surface area contributed by atoms with E-state index < -0.39 is 5.97 Å². The first kappa shape index (κ1) is 21.3. The molecule has 0 amide bonds. The monoisotopic (exact) mass is 463 g/mol. The number of fused-ring (bicyclic) bond motifs is 1. The van der Waals surface area contributed by atoms with Gasteiger partial charge in [-0.25, -0.2) is 19.2 Å². The molecule has 1 aliphatic carbocycles. The maximum absolute atomic E-state index is 14.2. The number of carboxylic acid groups (broad SMARTS) is 1. The second-order valence-electron chi connectivity index (χ2n) is 8.07. The van der Waals surface area contributed by atoms with Gasteiger partial charge in [0, 0.05) is 18.2 Å². The fourth-order valence-corrected chi connectivity index (χ4v) is 4.60. The third-order valence-electron chi connectivity index (χ3n) is 5.81. The van der Waals surface area contributed by atoms with E-state index in [-0.39, 0.29) is 17.5 Å². The van der Waals surface area contributed by atoms with Gasteiger partial charge >= 0.3 is 5.97 Å². The molecule has 0 bridgehead atoms. The molecule has 2 heterocycles. The van der Waals surface area contributed by atoms with E-state index in [1.807, 2.05) is 23.6 Å². The van der Waals surface area contributed by atoms with Gasteiger partial charge in [-0.3, -0.25) is 0 Å². The number of thiophene rings is 1. The fourth-order valence-electron chi connectivity index (χ4n) is 3.81. The molecule has 33 heavy (non-hydrogen) atoms. The van der Waals surface area contributed by atoms with Gasteiger partial charge in [0.15, 0.2) is 0 Å². The summed E-state index contributed by atoms with van der Waals surface area (Å²) in [7, 11) is 0. The number of aromatic nitrogens is 2. The Kier molecular flexibility index (Phi) is 5.92. The molecule has 2 aromatic heterocycles. The first-order valence-corrected chi connectivity index (χ1v) is 11.7. The van der Waals surface area contributed by atoms with E-state index in [2.05, 4.69) is 15.3 Å². The Labute approximate surface area is 194 Å². The maximum atomic E-state index is 14.2. The number of aromatic carboxylic acids is 1. The molecule has 6 nitrogen and oxygen atoms in total. The number of carbonyl (C=O) groups is 1. The number of rotatable bonds is 8. The molecular weight excluding hydrogens is 441 g/mol. The van der Waals surface area contributed by atoms with Gasteiger partial charge in [0.1, 0.15) is 29.3 Å². The summed E-state index contributed by atoms with van der Waals surface area (Å²) >= 11 is 1.40. The SMILES string of the molecule is O=C(O)c1ccc(-c2cc(NCCc3cc(F)c4sccc4c3)ncn2)cc1OC1CCC1. The second kappa shape index (κ2) is 9.15. The molecule has 2 N–H and O–H groups in total. The lowest BCUT2D eigenvalue weighted by Crippen LogP contribution is -2.25. The molecule has 8 heteroatoms. The minimum absolute atomic E-state index is 0.0686. The average molecular weight is 464 g/mol. The molecule has 0 spiro atoms. The molecule has 5 rings (SSSR count). The van der Waals surface area contributed by atoms with Crippen molar-refractivity contribution in [1.82, 2.24) is 9.97 Å². The lowest BCUT2D eigenvalue weighted by atomic mass is 9.96. The summed E-state index contributed by atoms with van der Waals surface area (Å²) < 4.78 is 20.8. The van der Waals surface area contributed by atoms with Crippen LogP contribution in [-0.4, -0.2) is 33.7 Å². The van der Waals surface area contributed by atoms with E-state index >= 15 is 0 Å². The van der Waals surface area contributed by atoms with Gasteiger partial charge in [-0.2, -0.15) is 0 Å². The topological polar surface area (TPSA) is 84.3 Å². The third-order valence-corrected chi connectivity index (χ3v) is 6.74. The first-order valence-electron chi connectivity index (χ1n) is 10.8. The van der Waals surface area contributed by atoms with Crippen LogP contribution in [0, 0.1) is 5.82 Å². The van der Waals surface area contributed by atoms with Crippen LogP contribution in [0.5, 0.6) is 5.75 Å². The highest BCUT2D eigenvalue weighted by molar-refractivity contribution is 7.17. The summed E-state index contributed by atoms with van der Waals surface area (Å²) in [5.74, 6) is -0.200. The highest BCUT2D eigenvalue weighted by Crippen LogP contribution is 2.32. The van der Waals surface area contributed by atoms with Crippen molar-refractivity contribution in [2.24, 2.45) is 0 Å². The van der Waals surface area contributed by atoms with E-state index in [4.69, 9.17) is 4.74 Å². The predicted molar refractivity (Wildman–Crippen MR) is 127 cm³/mol. The molecule has 168 valence electrons. The highest BCUT2D eigenvalue weighted by Gasteiger charge is 2.22. The Bertz CT molecular complexity index is 1320. The molecule has 2 aromatic carbocycles. The highest BCUT2D eigenvalue weighted by atomic mass is 32.1. The zero-order valence-corrected chi connectivity index (χ0v) is 18.6. The van der Waals surface area contributed by atoms with Gasteiger partial charge < -0.3 is 15.2 Å². The van der Waals surface area contributed by atoms with Gasteiger partial charge in [0.25, 0.3) is 0 Å². The lowest BCUT2D eigenvalue weighted by molar-refractivity contribution is 0.0680. The first-order chi connectivity index (χ1) is 16.1. The molecule has 0 aliphatic heterocycles. The van der Waals surface area contributed by atoms with E-state index in [0.29, 0.717) is 34.9 Å². The van der Waals surface area contributed by atoms with Crippen LogP contribution in [0.4, 0.5) is 10.2 Å². The molecule has 4 aromatic rings. The molecule has 0 saturated heterocycles. The number of nitrogens with one attached hydrogen (secondary N) is 1. The van der Waals surface area contributed by atoms with E-state index in [1.165, 1.54) is 17.7 Å². The Morgan fingerprint density at radius 1 is 1.18 bits per heavy atom. The number of nitrogens with zero attached hydrogens (tertiary/aromatic N) is 2. The summed E-state index contributed by atoms with van der Waals surface area (Å²) in [6.07, 6.45) is 5.16. The Morgan fingerprint density at radius 2 is 2.06 bits per heavy atom. The van der Waals surface area contributed by atoms with Crippen molar-refractivity contribution < 1.29 is 19.0 Å². The van der Waals surface area contributed by atoms with Crippen molar-refractivity contribution >= 4 is 33.2 Å². The van der Waals surface area contributed by atoms with Crippen molar-refractivity contribution in [3.63, 3.8) is 0 Å². The molecule has 0 atom stereocenters. The largest absolute Gasteiger partial charge is 0.490 e. The standard InChI is InChI=1S/C25H22FN3O3S/c26-20-11-15(10-17-7-9-33-24(17)20)6-8-27-23-13-21(28-14-29-23)16-4-5-19(25(30)31)22(12-16)32-18-2-1-3-18/h4-5,7,9-14,18H,1-3,6,8H2,(H,30,31)(H,27,28,29). The normalized spacial score (nSPS) is 13.6. The van der Waals surface area contributed by atoms with Crippen LogP contribution in [0.15, 0.2) is 54.2 Å². The number of halogens is 1. The predicted octanol–water partition coefficient (Wildman–Crippen LogP) is 5.78. The number of carboxylic acids is 1. The summed E-state index contributed by atoms with van der Waals surface area (Å²) in [4.78, 5) is 20.2. The third kappa shape index (κ3) is 4.66. The van der Waals surface area contributed by atoms with E-state index in [0.717, 1.165) is 35.8 Å². The smallest absolute Gasteiger partial charge is 0.339 e. The summed E-state index contributed by atoms with van der Waals surface area (Å²) in [6.45, 7) is 0.583. The zero-order valence-electron chi connectivity index (χ0n) is 17.8. The van der Waals surface area contributed by atoms with Crippen molar-refractivity contribution in [3.05, 3.63) is 71.1 Å². The quantitative estimate of drug-likeness (QED) is 0.345. The van der Waals surface area contributed by atoms with E-state index in [1.54, 1.807) is 24.3 Å². The number of ether oxygens (including phenoxy) is 1. The zero-order chi connectivity index (χ0) is 22.8. The van der Waals surface area contributed by atoms with Gasteiger partial charge in [-0.1, -0.05) is 12.1 Å². The van der Waals surface area contributed by atoms with Crippen LogP contribution in [0.1, 0.15) is 35.2 Å². The van der Waals surface area contributed by atoms with Gasteiger partial charge in [-0.05, 0) is 66.3 Å². The second-order valence-corrected chi connectivity index (χ2v) is 8.98. The minimum Gasteiger partial charge on any atom is -0.490 e. The van der Waals surface area contributed by atoms with Crippen LogP contribution in [0.2, 0.25) is 0 Å². The van der Waals surface area contributed by atoms with Crippen molar-refractivity contribution in [3.8, 4) is 17.0 Å². The van der Waals surface area contributed by atoms with Crippen molar-refractivity contribution in [1.29, 1.82) is 0 Å². The van der Waals surface area contributed by atoms with Gasteiger partial charge in [0.2, 0.25) is 0 Å². The summed E-state index contributed by atoms with van der Waals surface area (Å²) in [6, 6.07) is 12.3. The molecule has 0 unspecified atom stereocenters. The number of anilines is 1. The molecule has 1 saturated carbocycles.